The Morgan fingerprint density at radius 2 is 2.20 bits per heavy atom. The van der Waals surface area contributed by atoms with Crippen molar-refractivity contribution < 1.29 is 27.1 Å². The molecular weight excluding hydrogens is 282 g/mol. The van der Waals surface area contributed by atoms with Crippen molar-refractivity contribution in [3.05, 3.63) is 23.6 Å². The van der Waals surface area contributed by atoms with Gasteiger partial charge < -0.3 is 15.4 Å². The Morgan fingerprint density at radius 3 is 2.75 bits per heavy atom. The Morgan fingerprint density at radius 1 is 1.50 bits per heavy atom. The van der Waals surface area contributed by atoms with E-state index in [-0.39, 0.29) is 12.4 Å². The van der Waals surface area contributed by atoms with E-state index in [1.807, 2.05) is 0 Å². The molecule has 1 saturated heterocycles. The number of alkyl halides is 3. The minimum atomic E-state index is -4.64. The van der Waals surface area contributed by atoms with Gasteiger partial charge in [-0.1, -0.05) is 0 Å². The summed E-state index contributed by atoms with van der Waals surface area (Å²) in [4.78, 5) is 15.5. The lowest BCUT2D eigenvalue weighted by atomic mass is 10.2. The molecule has 0 aliphatic carbocycles. The van der Waals surface area contributed by atoms with Crippen molar-refractivity contribution >= 4 is 11.9 Å². The molecule has 1 amide bonds. The fraction of sp³-hybridized carbons (Fsp3) is 0.455. The quantitative estimate of drug-likeness (QED) is 0.846. The Balaban J connectivity index is 2.13. The van der Waals surface area contributed by atoms with Crippen molar-refractivity contribution in [3.8, 4) is 0 Å². The number of rotatable bonds is 2. The van der Waals surface area contributed by atoms with Crippen LogP contribution in [0.2, 0.25) is 0 Å². The lowest BCUT2D eigenvalue weighted by molar-refractivity contribution is -0.138. The van der Waals surface area contributed by atoms with E-state index < -0.39 is 29.8 Å². The van der Waals surface area contributed by atoms with Crippen LogP contribution in [-0.4, -0.2) is 30.3 Å². The van der Waals surface area contributed by atoms with Crippen LogP contribution in [0.15, 0.2) is 12.3 Å². The molecule has 20 heavy (non-hydrogen) atoms. The molecule has 1 aliphatic rings. The molecule has 0 unspecified atom stereocenters. The first kappa shape index (κ1) is 14.4. The minimum Gasteiger partial charge on any atom is -0.444 e. The number of nitrogens with zero attached hydrogens (tertiary/aromatic N) is 2. The van der Waals surface area contributed by atoms with Gasteiger partial charge in [0.05, 0.1) is 12.1 Å². The second-order valence-electron chi connectivity index (χ2n) is 4.32. The highest BCUT2D eigenvalue weighted by Crippen LogP contribution is 2.31. The molecule has 2 N–H and O–H groups in total. The molecule has 110 valence electrons. The summed E-state index contributed by atoms with van der Waals surface area (Å²) in [6.45, 7) is 0.450. The van der Waals surface area contributed by atoms with Gasteiger partial charge in [-0.25, -0.2) is 14.2 Å². The van der Waals surface area contributed by atoms with Crippen molar-refractivity contribution in [2.45, 2.75) is 18.7 Å². The first-order valence-corrected chi connectivity index (χ1v) is 5.71. The van der Waals surface area contributed by atoms with Gasteiger partial charge >= 0.3 is 12.3 Å². The van der Waals surface area contributed by atoms with E-state index in [1.54, 1.807) is 0 Å². The zero-order valence-electron chi connectivity index (χ0n) is 10.2. The van der Waals surface area contributed by atoms with Crippen LogP contribution in [0.4, 0.5) is 28.2 Å². The van der Waals surface area contributed by atoms with Gasteiger partial charge in [0.15, 0.2) is 11.6 Å². The van der Waals surface area contributed by atoms with Gasteiger partial charge in [0, 0.05) is 19.2 Å². The largest absolute Gasteiger partial charge is 0.444 e. The molecule has 0 saturated carbocycles. The molecule has 9 heteroatoms. The molecule has 1 aromatic heterocycles. The third kappa shape index (κ3) is 3.09. The molecule has 5 nitrogen and oxygen atoms in total. The summed E-state index contributed by atoms with van der Waals surface area (Å²) in [6, 6.07) is 0.393. The van der Waals surface area contributed by atoms with Gasteiger partial charge in [-0.05, 0) is 6.07 Å². The maximum absolute atomic E-state index is 13.7. The fourth-order valence-electron chi connectivity index (χ4n) is 2.00. The summed E-state index contributed by atoms with van der Waals surface area (Å²) >= 11 is 0. The van der Waals surface area contributed by atoms with Crippen LogP contribution in [0.25, 0.3) is 0 Å². The Labute approximate surface area is 111 Å². The number of aromatic nitrogens is 1. The highest BCUT2D eigenvalue weighted by molar-refractivity contribution is 5.65. The van der Waals surface area contributed by atoms with Crippen molar-refractivity contribution in [3.63, 3.8) is 0 Å². The van der Waals surface area contributed by atoms with Crippen LogP contribution in [0.1, 0.15) is 12.0 Å². The van der Waals surface area contributed by atoms with E-state index in [4.69, 9.17) is 10.5 Å². The lowest BCUT2D eigenvalue weighted by Gasteiger charge is -2.18. The van der Waals surface area contributed by atoms with Crippen LogP contribution in [0, 0.1) is 5.82 Å². The average Bonchev–Trinajstić information content (AvgIpc) is 2.75. The molecular formula is C11H11F4N3O2. The number of anilines is 1. The topological polar surface area (TPSA) is 68.5 Å². The predicted octanol–water partition coefficient (Wildman–Crippen LogP) is 1.91. The monoisotopic (exact) mass is 293 g/mol. The summed E-state index contributed by atoms with van der Waals surface area (Å²) in [7, 11) is 0. The third-order valence-corrected chi connectivity index (χ3v) is 2.88. The number of hydrogen-bond donors (Lipinski definition) is 1. The Bertz CT molecular complexity index is 521. The molecule has 2 rings (SSSR count). The summed E-state index contributed by atoms with van der Waals surface area (Å²) in [5.41, 5.74) is 3.71. The summed E-state index contributed by atoms with van der Waals surface area (Å²) in [6.07, 6.45) is -5.13. The summed E-state index contributed by atoms with van der Waals surface area (Å²) in [5, 5.41) is 0. The zero-order valence-corrected chi connectivity index (χ0v) is 10.2. The highest BCUT2D eigenvalue weighted by atomic mass is 19.4. The van der Waals surface area contributed by atoms with E-state index in [1.165, 1.54) is 4.90 Å². The second kappa shape index (κ2) is 5.14. The Hall–Kier alpha value is -2.06. The number of carbonyl (C=O) groups is 1. The number of pyridine rings is 1. The summed E-state index contributed by atoms with van der Waals surface area (Å²) < 4.78 is 55.6. The number of carbonyl (C=O) groups excluding carboxylic acids is 1. The number of nitrogens with two attached hydrogens (primary N) is 1. The van der Waals surface area contributed by atoms with Crippen LogP contribution >= 0.6 is 0 Å². The van der Waals surface area contributed by atoms with Gasteiger partial charge in [-0.15, -0.1) is 0 Å². The molecule has 0 radical (unpaired) electrons. The van der Waals surface area contributed by atoms with Gasteiger partial charge in [0.25, 0.3) is 0 Å². The van der Waals surface area contributed by atoms with E-state index in [2.05, 4.69) is 4.98 Å². The predicted molar refractivity (Wildman–Crippen MR) is 60.5 cm³/mol. The SMILES string of the molecule is NC(=O)O[C@@H]1CCN(c2ncc(C(F)(F)F)cc2F)C1. The number of halogens is 4. The number of hydrogen-bond acceptors (Lipinski definition) is 4. The molecule has 1 aromatic rings. The Kier molecular flexibility index (Phi) is 3.69. The minimum absolute atomic E-state index is 0.137. The highest BCUT2D eigenvalue weighted by Gasteiger charge is 2.33. The van der Waals surface area contributed by atoms with Crippen LogP contribution in [0.3, 0.4) is 0 Å². The van der Waals surface area contributed by atoms with Crippen molar-refractivity contribution in [1.82, 2.24) is 4.98 Å². The van der Waals surface area contributed by atoms with Crippen LogP contribution < -0.4 is 10.6 Å². The van der Waals surface area contributed by atoms with Gasteiger partial charge in [0.2, 0.25) is 0 Å². The van der Waals surface area contributed by atoms with Crippen molar-refractivity contribution in [2.24, 2.45) is 5.73 Å². The molecule has 2 heterocycles. The number of primary amides is 1. The lowest BCUT2D eigenvalue weighted by Crippen LogP contribution is -2.28. The molecule has 1 atom stereocenters. The van der Waals surface area contributed by atoms with Gasteiger partial charge in [-0.2, -0.15) is 13.2 Å². The fourth-order valence-corrected chi connectivity index (χ4v) is 2.00. The number of amides is 1. The van der Waals surface area contributed by atoms with E-state index in [0.717, 1.165) is 0 Å². The molecule has 0 bridgehead atoms. The van der Waals surface area contributed by atoms with Crippen molar-refractivity contribution in [2.75, 3.05) is 18.0 Å². The van der Waals surface area contributed by atoms with E-state index in [0.29, 0.717) is 25.2 Å². The maximum Gasteiger partial charge on any atom is 0.417 e. The zero-order chi connectivity index (χ0) is 14.9. The summed E-state index contributed by atoms with van der Waals surface area (Å²) in [5.74, 6) is -1.27. The molecule has 1 fully saturated rings. The maximum atomic E-state index is 13.7. The van der Waals surface area contributed by atoms with Crippen LogP contribution in [-0.2, 0) is 10.9 Å². The molecule has 0 aromatic carbocycles. The molecule has 1 aliphatic heterocycles. The number of ether oxygens (including phenoxy) is 1. The van der Waals surface area contributed by atoms with Gasteiger partial charge in [-0.3, -0.25) is 0 Å². The van der Waals surface area contributed by atoms with E-state index in [9.17, 15) is 22.4 Å². The smallest absolute Gasteiger partial charge is 0.417 e. The van der Waals surface area contributed by atoms with Gasteiger partial charge in [0.1, 0.15) is 6.10 Å². The first-order valence-electron chi connectivity index (χ1n) is 5.71. The standard InChI is InChI=1S/C11H11F4N3O2/c12-8-3-6(11(13,14)15)4-17-9(8)18-2-1-7(5-18)20-10(16)19/h3-4,7H,1-2,5H2,(H2,16,19)/t7-/m1/s1. The third-order valence-electron chi connectivity index (χ3n) is 2.88. The van der Waals surface area contributed by atoms with Crippen LogP contribution in [0.5, 0.6) is 0 Å². The normalized spacial score (nSPS) is 19.2. The molecule has 0 spiro atoms. The van der Waals surface area contributed by atoms with Crippen molar-refractivity contribution in [1.29, 1.82) is 0 Å². The van der Waals surface area contributed by atoms with E-state index >= 15 is 0 Å². The second-order valence-corrected chi connectivity index (χ2v) is 4.32. The first-order chi connectivity index (χ1) is 9.27. The average molecular weight is 293 g/mol.